The Kier molecular flexibility index (Phi) is 4.53. The quantitative estimate of drug-likeness (QED) is 0.614. The Balaban J connectivity index is 3.12. The van der Waals surface area contributed by atoms with Crippen molar-refractivity contribution in [3.8, 4) is 5.75 Å². The summed E-state index contributed by atoms with van der Waals surface area (Å²) in [6.07, 6.45) is 0.616. The Morgan fingerprint density at radius 2 is 2.06 bits per heavy atom. The number of hydrogen-bond acceptors (Lipinski definition) is 3. The normalized spacial score (nSPS) is 9.75. The summed E-state index contributed by atoms with van der Waals surface area (Å²) in [5.74, 6) is 0.222. The second-order valence-corrected chi connectivity index (χ2v) is 4.38. The summed E-state index contributed by atoms with van der Waals surface area (Å²) < 4.78 is 5.32. The van der Waals surface area contributed by atoms with E-state index in [1.165, 1.54) is 12.1 Å². The minimum Gasteiger partial charge on any atom is -0.429 e. The predicted octanol–water partition coefficient (Wildman–Crippen LogP) is 3.03. The van der Waals surface area contributed by atoms with Gasteiger partial charge in [0.1, 0.15) is 0 Å². The van der Waals surface area contributed by atoms with Gasteiger partial charge in [-0.1, -0.05) is 23.2 Å². The van der Waals surface area contributed by atoms with Crippen LogP contribution in [0.1, 0.15) is 10.4 Å². The van der Waals surface area contributed by atoms with Crippen LogP contribution in [-0.2, 0) is 0 Å². The van der Waals surface area contributed by atoms with Crippen LogP contribution in [0, 0.1) is 0 Å². The SMILES string of the molecule is CN(C)C(=S)Oc1c(Cl)cc(Cl)cc1C=O. The number of benzene rings is 1. The fourth-order valence-corrected chi connectivity index (χ4v) is 1.59. The molecule has 0 aliphatic rings. The Hall–Kier alpha value is -0.840. The maximum atomic E-state index is 10.8. The summed E-state index contributed by atoms with van der Waals surface area (Å²) in [5, 5.41) is 0.835. The Bertz CT molecular complexity index is 435. The highest BCUT2D eigenvalue weighted by atomic mass is 35.5. The number of rotatable bonds is 2. The highest BCUT2D eigenvalue weighted by Crippen LogP contribution is 2.31. The van der Waals surface area contributed by atoms with E-state index in [0.29, 0.717) is 11.3 Å². The van der Waals surface area contributed by atoms with E-state index in [0.717, 1.165) is 0 Å². The van der Waals surface area contributed by atoms with Gasteiger partial charge in [0.15, 0.2) is 12.0 Å². The van der Waals surface area contributed by atoms with Crippen LogP contribution < -0.4 is 4.74 Å². The Morgan fingerprint density at radius 1 is 1.44 bits per heavy atom. The lowest BCUT2D eigenvalue weighted by molar-refractivity contribution is 0.112. The zero-order chi connectivity index (χ0) is 12.3. The number of halogens is 2. The molecule has 1 aromatic carbocycles. The standard InChI is InChI=1S/C10H9Cl2NO2S/c1-13(2)10(16)15-9-6(5-14)3-7(11)4-8(9)12/h3-5H,1-2H3. The van der Waals surface area contributed by atoms with Gasteiger partial charge < -0.3 is 9.64 Å². The van der Waals surface area contributed by atoms with Crippen molar-refractivity contribution >= 4 is 46.9 Å². The highest BCUT2D eigenvalue weighted by molar-refractivity contribution is 7.80. The minimum absolute atomic E-state index is 0.215. The van der Waals surface area contributed by atoms with Crippen molar-refractivity contribution in [3.05, 3.63) is 27.7 Å². The molecule has 0 radical (unpaired) electrons. The number of hydrogen-bond donors (Lipinski definition) is 0. The number of carbonyl (C=O) groups is 1. The summed E-state index contributed by atoms with van der Waals surface area (Å²) >= 11 is 16.6. The van der Waals surface area contributed by atoms with Crippen molar-refractivity contribution in [3.63, 3.8) is 0 Å². The van der Waals surface area contributed by atoms with Gasteiger partial charge in [-0.15, -0.1) is 0 Å². The number of nitrogens with zero attached hydrogens (tertiary/aromatic N) is 1. The van der Waals surface area contributed by atoms with Gasteiger partial charge in [-0.3, -0.25) is 4.79 Å². The number of carbonyl (C=O) groups excluding carboxylic acids is 1. The monoisotopic (exact) mass is 277 g/mol. The molecule has 1 aromatic rings. The first-order valence-corrected chi connectivity index (χ1v) is 5.45. The molecule has 0 N–H and O–H groups in total. The van der Waals surface area contributed by atoms with Crippen molar-refractivity contribution in [1.29, 1.82) is 0 Å². The van der Waals surface area contributed by atoms with Gasteiger partial charge in [0.05, 0.1) is 10.6 Å². The van der Waals surface area contributed by atoms with Gasteiger partial charge in [-0.25, -0.2) is 0 Å². The number of ether oxygens (including phenoxy) is 1. The van der Waals surface area contributed by atoms with E-state index in [-0.39, 0.29) is 21.5 Å². The van der Waals surface area contributed by atoms with E-state index >= 15 is 0 Å². The third-order valence-electron chi connectivity index (χ3n) is 1.72. The molecule has 86 valence electrons. The molecule has 0 aliphatic carbocycles. The fourth-order valence-electron chi connectivity index (χ4n) is 0.954. The molecule has 0 unspecified atom stereocenters. The zero-order valence-corrected chi connectivity index (χ0v) is 11.0. The highest BCUT2D eigenvalue weighted by Gasteiger charge is 2.13. The lowest BCUT2D eigenvalue weighted by Gasteiger charge is -2.16. The number of aldehydes is 1. The van der Waals surface area contributed by atoms with Crippen LogP contribution in [0.25, 0.3) is 0 Å². The molecule has 1 rings (SSSR count). The maximum absolute atomic E-state index is 10.8. The molecule has 0 aliphatic heterocycles. The van der Waals surface area contributed by atoms with Crippen molar-refractivity contribution < 1.29 is 9.53 Å². The van der Waals surface area contributed by atoms with Crippen LogP contribution in [0.3, 0.4) is 0 Å². The molecular formula is C10H9Cl2NO2S. The molecule has 3 nitrogen and oxygen atoms in total. The van der Waals surface area contributed by atoms with E-state index < -0.39 is 0 Å². The lowest BCUT2D eigenvalue weighted by atomic mass is 10.2. The molecule has 0 heterocycles. The second-order valence-electron chi connectivity index (χ2n) is 3.19. The van der Waals surface area contributed by atoms with Crippen LogP contribution in [-0.4, -0.2) is 30.5 Å². The van der Waals surface area contributed by atoms with Crippen LogP contribution >= 0.6 is 35.4 Å². The summed E-state index contributed by atoms with van der Waals surface area (Å²) in [6, 6.07) is 2.96. The van der Waals surface area contributed by atoms with E-state index in [9.17, 15) is 4.79 Å². The van der Waals surface area contributed by atoms with Gasteiger partial charge in [0, 0.05) is 19.1 Å². The van der Waals surface area contributed by atoms with E-state index in [1.807, 2.05) is 0 Å². The first-order valence-electron chi connectivity index (χ1n) is 4.29. The molecule has 6 heteroatoms. The summed E-state index contributed by atoms with van der Waals surface area (Å²) in [5.41, 5.74) is 0.265. The van der Waals surface area contributed by atoms with E-state index in [2.05, 4.69) is 0 Å². The van der Waals surface area contributed by atoms with E-state index in [4.69, 9.17) is 40.2 Å². The van der Waals surface area contributed by atoms with Crippen molar-refractivity contribution in [1.82, 2.24) is 4.90 Å². The fraction of sp³-hybridized carbons (Fsp3) is 0.200. The third kappa shape index (κ3) is 3.07. The summed E-state index contributed by atoms with van der Waals surface area (Å²) in [4.78, 5) is 12.4. The summed E-state index contributed by atoms with van der Waals surface area (Å²) in [7, 11) is 3.46. The average molecular weight is 278 g/mol. The van der Waals surface area contributed by atoms with Gasteiger partial charge in [0.25, 0.3) is 5.17 Å². The predicted molar refractivity (Wildman–Crippen MR) is 68.8 cm³/mol. The summed E-state index contributed by atoms with van der Waals surface area (Å²) in [6.45, 7) is 0. The topological polar surface area (TPSA) is 29.5 Å². The average Bonchev–Trinajstić information content (AvgIpc) is 2.21. The van der Waals surface area contributed by atoms with E-state index in [1.54, 1.807) is 19.0 Å². The molecule has 0 saturated carbocycles. The molecule has 0 aromatic heterocycles. The molecule has 0 saturated heterocycles. The lowest BCUT2D eigenvalue weighted by Crippen LogP contribution is -2.25. The molecule has 0 spiro atoms. The molecular weight excluding hydrogens is 269 g/mol. The molecule has 0 amide bonds. The first-order chi connectivity index (χ1) is 7.45. The van der Waals surface area contributed by atoms with Gasteiger partial charge >= 0.3 is 0 Å². The molecule has 0 bridgehead atoms. The van der Waals surface area contributed by atoms with Crippen LogP contribution in [0.5, 0.6) is 5.75 Å². The maximum Gasteiger partial charge on any atom is 0.264 e. The minimum atomic E-state index is 0.215. The molecule has 0 fully saturated rings. The third-order valence-corrected chi connectivity index (χ3v) is 2.67. The van der Waals surface area contributed by atoms with Gasteiger partial charge in [-0.05, 0) is 24.4 Å². The van der Waals surface area contributed by atoms with Crippen molar-refractivity contribution in [2.24, 2.45) is 0 Å². The smallest absolute Gasteiger partial charge is 0.264 e. The van der Waals surface area contributed by atoms with Crippen LogP contribution in [0.4, 0.5) is 0 Å². The number of thiocarbonyl (C=S) groups is 1. The largest absolute Gasteiger partial charge is 0.429 e. The van der Waals surface area contributed by atoms with Crippen molar-refractivity contribution in [2.75, 3.05) is 14.1 Å². The second kappa shape index (κ2) is 5.48. The van der Waals surface area contributed by atoms with Gasteiger partial charge in [0.2, 0.25) is 0 Å². The zero-order valence-electron chi connectivity index (χ0n) is 8.66. The van der Waals surface area contributed by atoms with Gasteiger partial charge in [-0.2, -0.15) is 0 Å². The molecule has 16 heavy (non-hydrogen) atoms. The Labute approximate surface area is 109 Å². The van der Waals surface area contributed by atoms with Crippen LogP contribution in [0.15, 0.2) is 12.1 Å². The Morgan fingerprint density at radius 3 is 2.56 bits per heavy atom. The first kappa shape index (κ1) is 13.2. The van der Waals surface area contributed by atoms with Crippen LogP contribution in [0.2, 0.25) is 10.0 Å². The molecule has 0 atom stereocenters. The van der Waals surface area contributed by atoms with Crippen molar-refractivity contribution in [2.45, 2.75) is 0 Å².